The molecule has 0 bridgehead atoms. The molecule has 1 saturated heterocycles. The van der Waals surface area contributed by atoms with E-state index in [2.05, 4.69) is 15.3 Å². The first-order chi connectivity index (χ1) is 19.2. The molecule has 1 atom stereocenters. The normalized spacial score (nSPS) is 16.4. The number of aromatic amines is 1. The van der Waals surface area contributed by atoms with Gasteiger partial charge in [0.2, 0.25) is 0 Å². The van der Waals surface area contributed by atoms with Crippen LogP contribution in [0.5, 0.6) is 11.5 Å². The van der Waals surface area contributed by atoms with Crippen molar-refractivity contribution < 1.29 is 23.7 Å². The van der Waals surface area contributed by atoms with Crippen molar-refractivity contribution in [2.45, 2.75) is 39.6 Å². The van der Waals surface area contributed by atoms with Gasteiger partial charge in [0.15, 0.2) is 5.79 Å². The van der Waals surface area contributed by atoms with Gasteiger partial charge >= 0.3 is 6.09 Å². The van der Waals surface area contributed by atoms with Gasteiger partial charge in [-0.05, 0) is 81.3 Å². The predicted molar refractivity (Wildman–Crippen MR) is 153 cm³/mol. The molecule has 0 unspecified atom stereocenters. The molecule has 40 heavy (non-hydrogen) atoms. The Morgan fingerprint density at radius 1 is 1.00 bits per heavy atom. The van der Waals surface area contributed by atoms with E-state index in [4.69, 9.17) is 23.9 Å². The van der Waals surface area contributed by atoms with E-state index >= 15 is 0 Å². The molecule has 204 valence electrons. The van der Waals surface area contributed by atoms with Gasteiger partial charge in [-0.25, -0.2) is 14.8 Å². The summed E-state index contributed by atoms with van der Waals surface area (Å²) < 4.78 is 23.0. The van der Waals surface area contributed by atoms with E-state index in [1.807, 2.05) is 76.2 Å². The van der Waals surface area contributed by atoms with Gasteiger partial charge in [0.25, 0.3) is 0 Å². The summed E-state index contributed by atoms with van der Waals surface area (Å²) in [5.74, 6) is 1.73. The molecule has 3 aromatic carbocycles. The first-order valence-electron chi connectivity index (χ1n) is 13.1. The first-order valence-corrected chi connectivity index (χ1v) is 13.1. The van der Waals surface area contributed by atoms with Gasteiger partial charge < -0.3 is 23.9 Å². The maximum atomic E-state index is 12.5. The van der Waals surface area contributed by atoms with Gasteiger partial charge in [-0.1, -0.05) is 18.2 Å². The van der Waals surface area contributed by atoms with Crippen molar-refractivity contribution in [1.29, 1.82) is 0 Å². The van der Waals surface area contributed by atoms with Crippen LogP contribution in [0.25, 0.3) is 33.3 Å². The number of carbonyl (C=O) groups is 1. The molecular weight excluding hydrogens is 508 g/mol. The fourth-order valence-electron chi connectivity index (χ4n) is 4.96. The second kappa shape index (κ2) is 10.3. The number of ether oxygens (including phenoxy) is 4. The Kier molecular flexibility index (Phi) is 6.61. The zero-order valence-corrected chi connectivity index (χ0v) is 22.8. The van der Waals surface area contributed by atoms with E-state index in [1.165, 1.54) is 0 Å². The highest BCUT2D eigenvalue weighted by Gasteiger charge is 2.33. The molecule has 1 aliphatic rings. The number of hydrogen-bond donors (Lipinski definition) is 2. The number of aryl methyl sites for hydroxylation is 2. The van der Waals surface area contributed by atoms with Crippen molar-refractivity contribution >= 4 is 33.8 Å². The number of carbonyl (C=O) groups excluding carboxylic acids is 1. The summed E-state index contributed by atoms with van der Waals surface area (Å²) in [6.07, 6.45) is -0.727. The second-order valence-electron chi connectivity index (χ2n) is 10.4. The lowest BCUT2D eigenvalue weighted by molar-refractivity contribution is -0.141. The van der Waals surface area contributed by atoms with E-state index in [0.29, 0.717) is 24.8 Å². The first kappa shape index (κ1) is 25.8. The number of anilines is 1. The Morgan fingerprint density at radius 2 is 1.80 bits per heavy atom. The molecule has 6 rings (SSSR count). The zero-order valence-electron chi connectivity index (χ0n) is 22.8. The number of aromatic nitrogens is 3. The smallest absolute Gasteiger partial charge is 0.418 e. The summed E-state index contributed by atoms with van der Waals surface area (Å²) in [4.78, 5) is 25.1. The molecule has 1 amide bonds. The summed E-state index contributed by atoms with van der Waals surface area (Å²) in [6.45, 7) is 8.78. The minimum absolute atomic E-state index is 0.104. The molecule has 2 aromatic heterocycles. The molecule has 5 aromatic rings. The highest BCUT2D eigenvalue weighted by Crippen LogP contribution is 2.32. The van der Waals surface area contributed by atoms with Crippen LogP contribution in [0.2, 0.25) is 0 Å². The Bertz CT molecular complexity index is 1710. The number of H-pyrrole nitrogens is 1. The summed E-state index contributed by atoms with van der Waals surface area (Å²) in [7, 11) is 0. The Morgan fingerprint density at radius 3 is 2.58 bits per heavy atom. The molecule has 0 radical (unpaired) electrons. The quantitative estimate of drug-likeness (QED) is 0.253. The van der Waals surface area contributed by atoms with Crippen molar-refractivity contribution in [3.63, 3.8) is 0 Å². The average Bonchev–Trinajstić information content (AvgIpc) is 3.48. The average molecular weight is 539 g/mol. The second-order valence-corrected chi connectivity index (χ2v) is 10.4. The highest BCUT2D eigenvalue weighted by atomic mass is 16.7. The number of fused-ring (bicyclic) bond motifs is 2. The van der Waals surface area contributed by atoms with Gasteiger partial charge in [0.05, 0.1) is 23.2 Å². The van der Waals surface area contributed by atoms with Crippen molar-refractivity contribution in [3.05, 3.63) is 77.9 Å². The minimum atomic E-state index is -0.623. The van der Waals surface area contributed by atoms with Crippen LogP contribution in [-0.2, 0) is 9.47 Å². The number of nitrogens with zero attached hydrogens (tertiary/aromatic N) is 2. The number of rotatable bonds is 6. The van der Waals surface area contributed by atoms with Crippen molar-refractivity contribution in [2.75, 3.05) is 18.5 Å². The monoisotopic (exact) mass is 538 g/mol. The van der Waals surface area contributed by atoms with E-state index in [-0.39, 0.29) is 6.10 Å². The Hall–Kier alpha value is -4.47. The van der Waals surface area contributed by atoms with Gasteiger partial charge in [-0.2, -0.15) is 0 Å². The largest absolute Gasteiger partial charge is 0.491 e. The number of hydrogen-bond acceptors (Lipinski definition) is 7. The van der Waals surface area contributed by atoms with Crippen LogP contribution < -0.4 is 14.8 Å². The molecule has 0 spiro atoms. The molecule has 1 aliphatic heterocycles. The van der Waals surface area contributed by atoms with E-state index in [1.54, 1.807) is 18.2 Å². The highest BCUT2D eigenvalue weighted by molar-refractivity contribution is 5.89. The van der Waals surface area contributed by atoms with Gasteiger partial charge in [0.1, 0.15) is 35.9 Å². The Balaban J connectivity index is 1.15. The predicted octanol–water partition coefficient (Wildman–Crippen LogP) is 6.54. The summed E-state index contributed by atoms with van der Waals surface area (Å²) in [5.41, 5.74) is 5.35. The minimum Gasteiger partial charge on any atom is -0.491 e. The molecule has 1 fully saturated rings. The van der Waals surface area contributed by atoms with Crippen molar-refractivity contribution in [2.24, 2.45) is 0 Å². The van der Waals surface area contributed by atoms with Crippen molar-refractivity contribution in [1.82, 2.24) is 15.0 Å². The SMILES string of the molecule is Cc1cc(OC[C@@H]2COC(C)(C)O2)cc(C)c1-c1nc2ccc(OC(=O)Nc3ccc4ccccc4n3)cc2[nH]1. The lowest BCUT2D eigenvalue weighted by Crippen LogP contribution is -2.25. The number of imidazole rings is 1. The molecule has 3 heterocycles. The van der Waals surface area contributed by atoms with Crippen LogP contribution in [0.1, 0.15) is 25.0 Å². The molecule has 9 heteroatoms. The van der Waals surface area contributed by atoms with E-state index < -0.39 is 11.9 Å². The Labute approximate surface area is 231 Å². The summed E-state index contributed by atoms with van der Waals surface area (Å²) in [5, 5.41) is 3.68. The zero-order chi connectivity index (χ0) is 27.9. The number of benzene rings is 3. The van der Waals surface area contributed by atoms with Gasteiger partial charge in [0, 0.05) is 17.0 Å². The summed E-state index contributed by atoms with van der Waals surface area (Å²) in [6, 6.07) is 20.6. The van der Waals surface area contributed by atoms with E-state index in [9.17, 15) is 4.79 Å². The fourth-order valence-corrected chi connectivity index (χ4v) is 4.96. The summed E-state index contributed by atoms with van der Waals surface area (Å²) >= 11 is 0. The number of nitrogens with one attached hydrogen (secondary N) is 2. The van der Waals surface area contributed by atoms with Crippen LogP contribution in [0.3, 0.4) is 0 Å². The van der Waals surface area contributed by atoms with Gasteiger partial charge in [-0.15, -0.1) is 0 Å². The molecule has 2 N–H and O–H groups in total. The topological polar surface area (TPSA) is 108 Å². The third-order valence-electron chi connectivity index (χ3n) is 6.74. The van der Waals surface area contributed by atoms with Crippen molar-refractivity contribution in [3.8, 4) is 22.9 Å². The van der Waals surface area contributed by atoms with Crippen LogP contribution in [0.15, 0.2) is 66.7 Å². The maximum absolute atomic E-state index is 12.5. The number of amides is 1. The van der Waals surface area contributed by atoms with Crippen LogP contribution >= 0.6 is 0 Å². The van der Waals surface area contributed by atoms with E-state index in [0.717, 1.165) is 50.2 Å². The van der Waals surface area contributed by atoms with Gasteiger partial charge in [-0.3, -0.25) is 5.32 Å². The molecule has 0 aliphatic carbocycles. The number of para-hydroxylation sites is 1. The number of pyridine rings is 1. The lowest BCUT2D eigenvalue weighted by Gasteiger charge is -2.18. The third kappa shape index (κ3) is 5.47. The molecule has 9 nitrogen and oxygen atoms in total. The standard InChI is InChI=1S/C31H30N4O5/c1-18-13-22(37-16-23-17-38-31(3,4)40-23)14-19(2)28(18)29-33-25-11-10-21(15-26(25)34-29)39-30(36)35-27-12-9-20-7-5-6-8-24(20)32-27/h5-15,23H,16-17H2,1-4H3,(H,33,34)(H,32,35,36)/t23-/m1/s1. The van der Waals surface area contributed by atoms with Crippen LogP contribution in [-0.4, -0.2) is 46.2 Å². The van der Waals surface area contributed by atoms with Crippen LogP contribution in [0, 0.1) is 13.8 Å². The maximum Gasteiger partial charge on any atom is 0.418 e. The fraction of sp³-hybridized carbons (Fsp3) is 0.258. The lowest BCUT2D eigenvalue weighted by atomic mass is 10.0. The molecule has 0 saturated carbocycles. The molecular formula is C31H30N4O5. The van der Waals surface area contributed by atoms with Crippen LogP contribution in [0.4, 0.5) is 10.6 Å². The third-order valence-corrected chi connectivity index (χ3v) is 6.74.